The summed E-state index contributed by atoms with van der Waals surface area (Å²) in [4.78, 5) is 0. The number of methoxy groups -OCH3 is 1. The second-order valence-corrected chi connectivity index (χ2v) is 4.33. The van der Waals surface area contributed by atoms with Crippen molar-refractivity contribution in [1.82, 2.24) is 0 Å². The average molecular weight is 247 g/mol. The van der Waals surface area contributed by atoms with Crippen molar-refractivity contribution in [1.29, 1.82) is 0 Å². The summed E-state index contributed by atoms with van der Waals surface area (Å²) in [6.45, 7) is 2.15. The van der Waals surface area contributed by atoms with Gasteiger partial charge in [0.1, 0.15) is 5.75 Å². The van der Waals surface area contributed by atoms with Gasteiger partial charge in [-0.25, -0.2) is 0 Å². The van der Waals surface area contributed by atoms with E-state index in [1.807, 2.05) is 18.2 Å². The van der Waals surface area contributed by atoms with Crippen LogP contribution >= 0.6 is 11.6 Å². The first-order valence-electron chi connectivity index (χ1n) is 5.67. The molecule has 0 amide bonds. The Bertz CT molecular complexity index is 520. The van der Waals surface area contributed by atoms with E-state index in [-0.39, 0.29) is 0 Å². The van der Waals surface area contributed by atoms with Crippen molar-refractivity contribution >= 4 is 11.6 Å². The highest BCUT2D eigenvalue weighted by Crippen LogP contribution is 2.32. The molecule has 0 aromatic heterocycles. The summed E-state index contributed by atoms with van der Waals surface area (Å²) in [7, 11) is 1.67. The highest BCUT2D eigenvalue weighted by atomic mass is 35.5. The van der Waals surface area contributed by atoms with Crippen LogP contribution in [0.2, 0.25) is 5.02 Å². The minimum Gasteiger partial charge on any atom is -0.496 e. The molecule has 0 N–H and O–H groups in total. The van der Waals surface area contributed by atoms with E-state index in [4.69, 9.17) is 16.3 Å². The fourth-order valence-corrected chi connectivity index (χ4v) is 2.02. The van der Waals surface area contributed by atoms with Gasteiger partial charge in [0, 0.05) is 10.6 Å². The van der Waals surface area contributed by atoms with Crippen molar-refractivity contribution in [2.24, 2.45) is 0 Å². The molecule has 0 fully saturated rings. The minimum absolute atomic E-state index is 0.692. The van der Waals surface area contributed by atoms with Gasteiger partial charge < -0.3 is 4.74 Å². The van der Waals surface area contributed by atoms with E-state index in [0.717, 1.165) is 23.3 Å². The number of halogens is 1. The SMILES string of the molecule is CCc1cccc(-c2ccc(Cl)cc2OC)c1. The minimum atomic E-state index is 0.692. The van der Waals surface area contributed by atoms with Crippen molar-refractivity contribution in [2.75, 3.05) is 7.11 Å². The molecule has 2 heteroatoms. The number of rotatable bonds is 3. The molecule has 0 spiro atoms. The van der Waals surface area contributed by atoms with Crippen molar-refractivity contribution < 1.29 is 4.74 Å². The van der Waals surface area contributed by atoms with Crippen LogP contribution in [0.25, 0.3) is 11.1 Å². The summed E-state index contributed by atoms with van der Waals surface area (Å²) in [6.07, 6.45) is 1.03. The van der Waals surface area contributed by atoms with Gasteiger partial charge in [-0.3, -0.25) is 0 Å². The van der Waals surface area contributed by atoms with Gasteiger partial charge in [0.2, 0.25) is 0 Å². The zero-order chi connectivity index (χ0) is 12.3. The Labute approximate surface area is 107 Å². The molecule has 88 valence electrons. The third-order valence-corrected chi connectivity index (χ3v) is 3.04. The molecule has 0 atom stereocenters. The first-order valence-corrected chi connectivity index (χ1v) is 6.05. The van der Waals surface area contributed by atoms with Gasteiger partial charge in [0.25, 0.3) is 0 Å². The average Bonchev–Trinajstić information content (AvgIpc) is 2.38. The van der Waals surface area contributed by atoms with Gasteiger partial charge in [0.15, 0.2) is 0 Å². The lowest BCUT2D eigenvalue weighted by atomic mass is 10.0. The lowest BCUT2D eigenvalue weighted by Crippen LogP contribution is -1.89. The highest BCUT2D eigenvalue weighted by molar-refractivity contribution is 6.30. The molecular formula is C15H15ClO. The summed E-state index contributed by atoms with van der Waals surface area (Å²) < 4.78 is 5.37. The topological polar surface area (TPSA) is 9.23 Å². The zero-order valence-electron chi connectivity index (χ0n) is 10.0. The second-order valence-electron chi connectivity index (χ2n) is 3.90. The van der Waals surface area contributed by atoms with Crippen molar-refractivity contribution in [3.8, 4) is 16.9 Å². The predicted octanol–water partition coefficient (Wildman–Crippen LogP) is 4.58. The number of ether oxygens (including phenoxy) is 1. The summed E-state index contributed by atoms with van der Waals surface area (Å²) in [5.41, 5.74) is 3.56. The molecule has 0 aliphatic carbocycles. The van der Waals surface area contributed by atoms with Gasteiger partial charge in [0.05, 0.1) is 7.11 Å². The van der Waals surface area contributed by atoms with E-state index < -0.39 is 0 Å². The third kappa shape index (κ3) is 2.62. The second kappa shape index (κ2) is 5.24. The molecule has 0 radical (unpaired) electrons. The lowest BCUT2D eigenvalue weighted by Gasteiger charge is -2.10. The molecular weight excluding hydrogens is 232 g/mol. The van der Waals surface area contributed by atoms with Crippen molar-refractivity contribution in [2.45, 2.75) is 13.3 Å². The van der Waals surface area contributed by atoms with Gasteiger partial charge in [-0.1, -0.05) is 42.8 Å². The van der Waals surface area contributed by atoms with Gasteiger partial charge in [-0.15, -0.1) is 0 Å². The third-order valence-electron chi connectivity index (χ3n) is 2.81. The Morgan fingerprint density at radius 1 is 1.12 bits per heavy atom. The van der Waals surface area contributed by atoms with Crippen LogP contribution in [0, 0.1) is 0 Å². The molecule has 2 rings (SSSR count). The Kier molecular flexibility index (Phi) is 3.70. The molecule has 2 aromatic carbocycles. The summed E-state index contributed by atoms with van der Waals surface area (Å²) in [6, 6.07) is 14.2. The Hall–Kier alpha value is -1.47. The lowest BCUT2D eigenvalue weighted by molar-refractivity contribution is 0.416. The molecule has 0 heterocycles. The Balaban J connectivity index is 2.51. The van der Waals surface area contributed by atoms with E-state index in [0.29, 0.717) is 5.02 Å². The first kappa shape index (κ1) is 12.0. The summed E-state index contributed by atoms with van der Waals surface area (Å²) in [5.74, 6) is 0.811. The van der Waals surface area contributed by atoms with Crippen LogP contribution in [0.15, 0.2) is 42.5 Å². The first-order chi connectivity index (χ1) is 8.24. The van der Waals surface area contributed by atoms with Crippen molar-refractivity contribution in [3.05, 3.63) is 53.1 Å². The summed E-state index contributed by atoms with van der Waals surface area (Å²) >= 11 is 5.96. The monoisotopic (exact) mass is 246 g/mol. The quantitative estimate of drug-likeness (QED) is 0.770. The molecule has 17 heavy (non-hydrogen) atoms. The predicted molar refractivity (Wildman–Crippen MR) is 72.8 cm³/mol. The normalized spacial score (nSPS) is 10.3. The Morgan fingerprint density at radius 3 is 2.65 bits per heavy atom. The Morgan fingerprint density at radius 2 is 1.94 bits per heavy atom. The fraction of sp³-hybridized carbons (Fsp3) is 0.200. The zero-order valence-corrected chi connectivity index (χ0v) is 10.8. The molecule has 0 bridgehead atoms. The van der Waals surface area contributed by atoms with Crippen molar-refractivity contribution in [3.63, 3.8) is 0 Å². The van der Waals surface area contributed by atoms with E-state index in [2.05, 4.69) is 31.2 Å². The van der Waals surface area contributed by atoms with Crippen LogP contribution in [0.5, 0.6) is 5.75 Å². The van der Waals surface area contributed by atoms with Crippen LogP contribution in [-0.4, -0.2) is 7.11 Å². The van der Waals surface area contributed by atoms with E-state index in [1.54, 1.807) is 7.11 Å². The molecule has 0 aliphatic heterocycles. The van der Waals surface area contributed by atoms with Gasteiger partial charge >= 0.3 is 0 Å². The maximum Gasteiger partial charge on any atom is 0.128 e. The molecule has 0 saturated carbocycles. The van der Waals surface area contributed by atoms with Crippen LogP contribution < -0.4 is 4.74 Å². The maximum absolute atomic E-state index is 5.96. The summed E-state index contributed by atoms with van der Waals surface area (Å²) in [5, 5.41) is 0.692. The molecule has 0 saturated heterocycles. The van der Waals surface area contributed by atoms with E-state index >= 15 is 0 Å². The highest BCUT2D eigenvalue weighted by Gasteiger charge is 2.06. The molecule has 1 nitrogen and oxygen atoms in total. The fourth-order valence-electron chi connectivity index (χ4n) is 1.86. The molecule has 2 aromatic rings. The largest absolute Gasteiger partial charge is 0.496 e. The van der Waals surface area contributed by atoms with Gasteiger partial charge in [-0.05, 0) is 35.7 Å². The molecule has 0 unspecified atom stereocenters. The van der Waals surface area contributed by atoms with E-state index in [9.17, 15) is 0 Å². The molecule has 0 aliphatic rings. The van der Waals surface area contributed by atoms with Crippen LogP contribution in [0.3, 0.4) is 0 Å². The van der Waals surface area contributed by atoms with Crippen LogP contribution in [-0.2, 0) is 6.42 Å². The number of benzene rings is 2. The number of hydrogen-bond donors (Lipinski definition) is 0. The maximum atomic E-state index is 5.96. The van der Waals surface area contributed by atoms with Crippen LogP contribution in [0.4, 0.5) is 0 Å². The standard InChI is InChI=1S/C15H15ClO/c1-3-11-5-4-6-12(9-11)14-8-7-13(16)10-15(14)17-2/h4-10H,3H2,1-2H3. The van der Waals surface area contributed by atoms with Crippen LogP contribution in [0.1, 0.15) is 12.5 Å². The number of aryl methyl sites for hydroxylation is 1. The smallest absolute Gasteiger partial charge is 0.128 e. The van der Waals surface area contributed by atoms with E-state index in [1.165, 1.54) is 5.56 Å². The van der Waals surface area contributed by atoms with Gasteiger partial charge in [-0.2, -0.15) is 0 Å². The number of hydrogen-bond acceptors (Lipinski definition) is 1.